The summed E-state index contributed by atoms with van der Waals surface area (Å²) in [4.78, 5) is 11.2. The molecule has 1 N–H and O–H groups in total. The molecule has 0 spiro atoms. The normalized spacial score (nSPS) is 11.7. The van der Waals surface area contributed by atoms with Crippen molar-refractivity contribution < 1.29 is 22.4 Å². The number of para-hydroxylation sites is 2. The highest BCUT2D eigenvalue weighted by Gasteiger charge is 2.49. The van der Waals surface area contributed by atoms with Gasteiger partial charge in [0.25, 0.3) is 0 Å². The van der Waals surface area contributed by atoms with E-state index in [2.05, 4.69) is 10.3 Å². The number of benzene rings is 1. The van der Waals surface area contributed by atoms with E-state index >= 15 is 0 Å². The summed E-state index contributed by atoms with van der Waals surface area (Å²) in [5.41, 5.74) is 0.145. The first-order valence-electron chi connectivity index (χ1n) is 5.36. The second kappa shape index (κ2) is 5.27. The molecule has 0 bridgehead atoms. The van der Waals surface area contributed by atoms with Gasteiger partial charge in [-0.2, -0.15) is 8.78 Å². The molecule has 0 saturated carbocycles. The van der Waals surface area contributed by atoms with E-state index < -0.39 is 18.3 Å². The van der Waals surface area contributed by atoms with Gasteiger partial charge < -0.3 is 5.32 Å². The summed E-state index contributed by atoms with van der Waals surface area (Å²) in [5.74, 6) is -6.85. The first-order chi connectivity index (χ1) is 9.43. The molecule has 1 heterocycles. The maximum atomic E-state index is 12.9. The fourth-order valence-electron chi connectivity index (χ4n) is 1.42. The molecule has 2 aromatic rings. The molecule has 1 aromatic carbocycles. The molecule has 20 heavy (non-hydrogen) atoms. The van der Waals surface area contributed by atoms with Gasteiger partial charge in [0.1, 0.15) is 0 Å². The monoisotopic (exact) mass is 288 g/mol. The smallest absolute Gasteiger partial charge is 0.319 e. The minimum absolute atomic E-state index is 0.0803. The largest absolute Gasteiger partial charge is 0.383 e. The van der Waals surface area contributed by atoms with E-state index in [0.29, 0.717) is 0 Å². The number of carbonyl (C=O) groups is 1. The van der Waals surface area contributed by atoms with Crippen LogP contribution in [0.2, 0.25) is 0 Å². The van der Waals surface area contributed by atoms with Gasteiger partial charge in [-0.25, -0.2) is 13.5 Å². The summed E-state index contributed by atoms with van der Waals surface area (Å²) < 4.78 is 51.2. The van der Waals surface area contributed by atoms with Crippen molar-refractivity contribution in [3.05, 3.63) is 36.7 Å². The Morgan fingerprint density at radius 1 is 1.30 bits per heavy atom. The Morgan fingerprint density at radius 2 is 2.00 bits per heavy atom. The van der Waals surface area contributed by atoms with Crippen LogP contribution in [0, 0.1) is 0 Å². The standard InChI is InChI=1S/C11H8F4N4O/c12-9(13)11(14,15)10(20)17-7-3-1-2-4-8(7)19-6-5-16-18-19/h1-6,9H,(H,17,20). The van der Waals surface area contributed by atoms with Crippen LogP contribution in [-0.2, 0) is 4.79 Å². The molecule has 1 aromatic heterocycles. The van der Waals surface area contributed by atoms with Gasteiger partial charge in [-0.05, 0) is 12.1 Å². The van der Waals surface area contributed by atoms with Crippen LogP contribution >= 0.6 is 0 Å². The number of anilines is 1. The van der Waals surface area contributed by atoms with E-state index in [4.69, 9.17) is 0 Å². The average Bonchev–Trinajstić information content (AvgIpc) is 2.92. The molecule has 0 unspecified atom stereocenters. The molecule has 0 radical (unpaired) electrons. The fraction of sp³-hybridized carbons (Fsp3) is 0.182. The molecule has 106 valence electrons. The minimum Gasteiger partial charge on any atom is -0.319 e. The number of nitrogens with zero attached hydrogens (tertiary/aromatic N) is 3. The van der Waals surface area contributed by atoms with Crippen molar-refractivity contribution >= 4 is 11.6 Å². The Morgan fingerprint density at radius 3 is 2.60 bits per heavy atom. The molecule has 9 heteroatoms. The van der Waals surface area contributed by atoms with Crippen LogP contribution in [0.5, 0.6) is 0 Å². The maximum Gasteiger partial charge on any atom is 0.383 e. The van der Waals surface area contributed by atoms with Crippen LogP contribution < -0.4 is 5.32 Å². The Bertz CT molecular complexity index is 600. The van der Waals surface area contributed by atoms with Crippen molar-refractivity contribution in [3.8, 4) is 5.69 Å². The summed E-state index contributed by atoms with van der Waals surface area (Å²) in [6, 6.07) is 5.77. The third-order valence-corrected chi connectivity index (χ3v) is 2.40. The number of aromatic nitrogens is 3. The van der Waals surface area contributed by atoms with Gasteiger partial charge in [0.05, 0.1) is 23.8 Å². The van der Waals surface area contributed by atoms with Crippen LogP contribution in [-0.4, -0.2) is 33.2 Å². The Hall–Kier alpha value is -2.45. The molecule has 5 nitrogen and oxygen atoms in total. The number of hydrogen-bond donors (Lipinski definition) is 1. The molecular formula is C11H8F4N4O. The quantitative estimate of drug-likeness (QED) is 0.876. The van der Waals surface area contributed by atoms with Crippen molar-refractivity contribution in [2.24, 2.45) is 0 Å². The first kappa shape index (κ1) is 14.0. The van der Waals surface area contributed by atoms with E-state index in [1.54, 1.807) is 11.4 Å². The summed E-state index contributed by atoms with van der Waals surface area (Å²) in [6.07, 6.45) is -1.33. The number of halogens is 4. The van der Waals surface area contributed by atoms with Gasteiger partial charge in [0.2, 0.25) is 0 Å². The van der Waals surface area contributed by atoms with E-state index in [1.807, 2.05) is 0 Å². The predicted octanol–water partition coefficient (Wildman–Crippen LogP) is 2.11. The zero-order valence-electron chi connectivity index (χ0n) is 9.80. The molecule has 0 saturated heterocycles. The van der Waals surface area contributed by atoms with E-state index in [1.165, 1.54) is 35.3 Å². The van der Waals surface area contributed by atoms with Crippen LogP contribution in [0.3, 0.4) is 0 Å². The summed E-state index contributed by atoms with van der Waals surface area (Å²) in [5, 5.41) is 8.92. The summed E-state index contributed by atoms with van der Waals surface area (Å²) >= 11 is 0. The predicted molar refractivity (Wildman–Crippen MR) is 60.9 cm³/mol. The van der Waals surface area contributed by atoms with Gasteiger partial charge in [-0.15, -0.1) is 5.10 Å². The van der Waals surface area contributed by atoms with Crippen molar-refractivity contribution in [2.45, 2.75) is 12.3 Å². The molecule has 0 atom stereocenters. The topological polar surface area (TPSA) is 59.8 Å². The highest BCUT2D eigenvalue weighted by atomic mass is 19.3. The van der Waals surface area contributed by atoms with Crippen molar-refractivity contribution in [1.29, 1.82) is 0 Å². The SMILES string of the molecule is O=C(Nc1ccccc1-n1ccnn1)C(F)(F)C(F)F. The van der Waals surface area contributed by atoms with Crippen LogP contribution in [0.4, 0.5) is 23.2 Å². The van der Waals surface area contributed by atoms with E-state index in [0.717, 1.165) is 0 Å². The zero-order chi connectivity index (χ0) is 14.8. The molecule has 0 fully saturated rings. The third kappa shape index (κ3) is 2.60. The number of alkyl halides is 4. The fourth-order valence-corrected chi connectivity index (χ4v) is 1.42. The van der Waals surface area contributed by atoms with Crippen LogP contribution in [0.1, 0.15) is 0 Å². The Labute approximate surface area is 110 Å². The number of amides is 1. The van der Waals surface area contributed by atoms with Crippen LogP contribution in [0.25, 0.3) is 5.69 Å². The van der Waals surface area contributed by atoms with Gasteiger partial charge in [-0.3, -0.25) is 4.79 Å². The van der Waals surface area contributed by atoms with E-state index in [9.17, 15) is 22.4 Å². The lowest BCUT2D eigenvalue weighted by Crippen LogP contribution is -2.41. The van der Waals surface area contributed by atoms with Gasteiger partial charge >= 0.3 is 18.3 Å². The molecule has 2 rings (SSSR count). The number of nitrogens with one attached hydrogen (secondary N) is 1. The minimum atomic E-state index is -4.77. The highest BCUT2D eigenvalue weighted by Crippen LogP contribution is 2.26. The number of hydrogen-bond acceptors (Lipinski definition) is 3. The van der Waals surface area contributed by atoms with Crippen LogP contribution in [0.15, 0.2) is 36.7 Å². The lowest BCUT2D eigenvalue weighted by Gasteiger charge is -2.16. The second-order valence-corrected chi connectivity index (χ2v) is 3.74. The van der Waals surface area contributed by atoms with Crippen molar-refractivity contribution in [2.75, 3.05) is 5.32 Å². The summed E-state index contributed by atoms with van der Waals surface area (Å²) in [6.45, 7) is 0. The van der Waals surface area contributed by atoms with Gasteiger partial charge in [0.15, 0.2) is 0 Å². The second-order valence-electron chi connectivity index (χ2n) is 3.74. The van der Waals surface area contributed by atoms with E-state index in [-0.39, 0.29) is 11.4 Å². The molecule has 0 aliphatic heterocycles. The van der Waals surface area contributed by atoms with Crippen molar-refractivity contribution in [1.82, 2.24) is 15.0 Å². The Balaban J connectivity index is 2.29. The zero-order valence-corrected chi connectivity index (χ0v) is 9.80. The molecule has 0 aliphatic rings. The third-order valence-electron chi connectivity index (χ3n) is 2.40. The Kier molecular flexibility index (Phi) is 3.68. The maximum absolute atomic E-state index is 12.9. The highest BCUT2D eigenvalue weighted by molar-refractivity contribution is 5.97. The lowest BCUT2D eigenvalue weighted by molar-refractivity contribution is -0.163. The molecule has 1 amide bonds. The molecular weight excluding hydrogens is 280 g/mol. The first-order valence-corrected chi connectivity index (χ1v) is 5.36. The lowest BCUT2D eigenvalue weighted by atomic mass is 10.2. The number of rotatable bonds is 4. The van der Waals surface area contributed by atoms with Crippen molar-refractivity contribution in [3.63, 3.8) is 0 Å². The average molecular weight is 288 g/mol. The van der Waals surface area contributed by atoms with Gasteiger partial charge in [-0.1, -0.05) is 17.3 Å². The number of carbonyl (C=O) groups excluding carboxylic acids is 1. The summed E-state index contributed by atoms with van der Waals surface area (Å²) in [7, 11) is 0. The van der Waals surface area contributed by atoms with Gasteiger partial charge in [0, 0.05) is 0 Å². The molecule has 0 aliphatic carbocycles.